The minimum atomic E-state index is 0.673. The third-order valence-electron chi connectivity index (χ3n) is 11.0. The van der Waals surface area contributed by atoms with Crippen molar-refractivity contribution in [1.82, 2.24) is 0 Å². The summed E-state index contributed by atoms with van der Waals surface area (Å²) in [5.74, 6) is 7.12. The Morgan fingerprint density at radius 3 is 2.29 bits per heavy atom. The van der Waals surface area contributed by atoms with Crippen LogP contribution in [0.15, 0.2) is 0 Å². The van der Waals surface area contributed by atoms with Gasteiger partial charge in [-0.3, -0.25) is 0 Å². The molecule has 0 radical (unpaired) electrons. The number of hydrogen-bond donors (Lipinski definition) is 0. The first-order chi connectivity index (χ1) is 13.4. The molecule has 0 unspecified atom stereocenters. The van der Waals surface area contributed by atoms with Gasteiger partial charge >= 0.3 is 0 Å². The van der Waals surface area contributed by atoms with Gasteiger partial charge in [0.2, 0.25) is 0 Å². The van der Waals surface area contributed by atoms with Gasteiger partial charge in [-0.05, 0) is 104 Å². The minimum absolute atomic E-state index is 0.673. The fourth-order valence-electron chi connectivity index (χ4n) is 9.50. The van der Waals surface area contributed by atoms with E-state index in [4.69, 9.17) is 0 Å². The van der Waals surface area contributed by atoms with E-state index in [1.165, 1.54) is 38.5 Å². The molecule has 0 aromatic rings. The molecule has 0 heterocycles. The summed E-state index contributed by atoms with van der Waals surface area (Å²) in [4.78, 5) is 0. The molecular weight excluding hydrogens is 336 g/mol. The van der Waals surface area contributed by atoms with Gasteiger partial charge in [-0.2, -0.15) is 0 Å². The molecule has 8 atom stereocenters. The lowest BCUT2D eigenvalue weighted by Crippen LogP contribution is -2.52. The summed E-state index contributed by atoms with van der Waals surface area (Å²) in [6.07, 6.45) is 21.4. The molecule has 4 saturated carbocycles. The van der Waals surface area contributed by atoms with Gasteiger partial charge in [0, 0.05) is 0 Å². The Bertz CT molecular complexity index is 520. The molecule has 0 bridgehead atoms. The highest BCUT2D eigenvalue weighted by Crippen LogP contribution is 2.68. The first-order valence-electron chi connectivity index (χ1n) is 13.4. The lowest BCUT2D eigenvalue weighted by atomic mass is 9.46. The molecule has 0 nitrogen and oxygen atoms in total. The molecule has 4 aliphatic rings. The summed E-state index contributed by atoms with van der Waals surface area (Å²) in [7, 11) is 0. The predicted molar refractivity (Wildman–Crippen MR) is 122 cm³/mol. The van der Waals surface area contributed by atoms with Gasteiger partial charge in [-0.25, -0.2) is 0 Å². The van der Waals surface area contributed by atoms with Crippen molar-refractivity contribution in [1.29, 1.82) is 0 Å². The average molecular weight is 387 g/mol. The Balaban J connectivity index is 1.47. The van der Waals surface area contributed by atoms with Crippen molar-refractivity contribution in [2.24, 2.45) is 52.3 Å². The second-order valence-electron chi connectivity index (χ2n) is 12.8. The summed E-state index contributed by atoms with van der Waals surface area (Å²) >= 11 is 0. The zero-order valence-electron chi connectivity index (χ0n) is 19.9. The first-order valence-corrected chi connectivity index (χ1v) is 13.4. The molecule has 0 N–H and O–H groups in total. The molecule has 4 aliphatic carbocycles. The zero-order chi connectivity index (χ0) is 19.9. The Labute approximate surface area is 177 Å². The fraction of sp³-hybridized carbons (Fsp3) is 1.00. The summed E-state index contributed by atoms with van der Waals surface area (Å²) in [6.45, 7) is 12.9. The number of hydrogen-bond acceptors (Lipinski definition) is 0. The number of fused-ring (bicyclic) bond motifs is 5. The Kier molecular flexibility index (Phi) is 6.27. The van der Waals surface area contributed by atoms with E-state index in [-0.39, 0.29) is 0 Å². The normalized spacial score (nSPS) is 47.1. The fourth-order valence-corrected chi connectivity index (χ4v) is 9.50. The highest BCUT2D eigenvalue weighted by molar-refractivity contribution is 5.08. The van der Waals surface area contributed by atoms with Crippen molar-refractivity contribution < 1.29 is 0 Å². The van der Waals surface area contributed by atoms with E-state index in [0.717, 1.165) is 41.4 Å². The monoisotopic (exact) mass is 386 g/mol. The van der Waals surface area contributed by atoms with E-state index in [9.17, 15) is 0 Å². The third-order valence-corrected chi connectivity index (χ3v) is 11.0. The molecular formula is C28H50. The van der Waals surface area contributed by atoms with Crippen LogP contribution in [0.3, 0.4) is 0 Å². The second kappa shape index (κ2) is 8.26. The maximum atomic E-state index is 2.76. The highest BCUT2D eigenvalue weighted by atomic mass is 14.6. The molecule has 162 valence electrons. The van der Waals surface area contributed by atoms with E-state index >= 15 is 0 Å². The second-order valence-corrected chi connectivity index (χ2v) is 12.8. The van der Waals surface area contributed by atoms with E-state index in [1.807, 2.05) is 0 Å². The van der Waals surface area contributed by atoms with Crippen LogP contribution in [0.4, 0.5) is 0 Å². The van der Waals surface area contributed by atoms with E-state index in [0.29, 0.717) is 10.8 Å². The Morgan fingerprint density at radius 1 is 0.714 bits per heavy atom. The summed E-state index contributed by atoms with van der Waals surface area (Å²) in [6, 6.07) is 0. The summed E-state index contributed by atoms with van der Waals surface area (Å²) in [5, 5.41) is 0. The van der Waals surface area contributed by atoms with Crippen LogP contribution in [0.2, 0.25) is 0 Å². The molecule has 0 amide bonds. The van der Waals surface area contributed by atoms with Crippen molar-refractivity contribution in [3.05, 3.63) is 0 Å². The smallest absolute Gasteiger partial charge is 0.0264 e. The maximum Gasteiger partial charge on any atom is -0.0264 e. The molecule has 0 spiro atoms. The van der Waals surface area contributed by atoms with Crippen LogP contribution >= 0.6 is 0 Å². The summed E-state index contributed by atoms with van der Waals surface area (Å²) in [5.41, 5.74) is 1.37. The SMILES string of the molecule is CC(C)CCC[C@@H](C)[C@H]1CC[C@@H]2[C@H]3CC[C@H]4CCCCC[C@]4(C)[C@@H]3CC[C@@]21C. The van der Waals surface area contributed by atoms with E-state index in [1.54, 1.807) is 51.4 Å². The van der Waals surface area contributed by atoms with Gasteiger partial charge in [0.15, 0.2) is 0 Å². The van der Waals surface area contributed by atoms with Crippen LogP contribution in [0.1, 0.15) is 125 Å². The van der Waals surface area contributed by atoms with Crippen molar-refractivity contribution in [3.63, 3.8) is 0 Å². The van der Waals surface area contributed by atoms with Crippen LogP contribution in [0.25, 0.3) is 0 Å². The average Bonchev–Trinajstić information content (AvgIpc) is 2.87. The van der Waals surface area contributed by atoms with Gasteiger partial charge < -0.3 is 0 Å². The molecule has 0 heteroatoms. The van der Waals surface area contributed by atoms with Crippen molar-refractivity contribution in [2.45, 2.75) is 125 Å². The van der Waals surface area contributed by atoms with Crippen molar-refractivity contribution in [2.75, 3.05) is 0 Å². The van der Waals surface area contributed by atoms with Gasteiger partial charge in [-0.1, -0.05) is 73.1 Å². The van der Waals surface area contributed by atoms with Gasteiger partial charge in [0.1, 0.15) is 0 Å². The molecule has 0 aromatic heterocycles. The Morgan fingerprint density at radius 2 is 1.50 bits per heavy atom. The molecule has 4 rings (SSSR count). The minimum Gasteiger partial charge on any atom is -0.0628 e. The van der Waals surface area contributed by atoms with Crippen LogP contribution in [-0.4, -0.2) is 0 Å². The van der Waals surface area contributed by atoms with Gasteiger partial charge in [0.25, 0.3) is 0 Å². The quantitative estimate of drug-likeness (QED) is 0.442. The van der Waals surface area contributed by atoms with Crippen LogP contribution in [0.5, 0.6) is 0 Å². The van der Waals surface area contributed by atoms with Gasteiger partial charge in [-0.15, -0.1) is 0 Å². The molecule has 0 saturated heterocycles. The first kappa shape index (κ1) is 21.2. The topological polar surface area (TPSA) is 0 Å². The van der Waals surface area contributed by atoms with Crippen LogP contribution < -0.4 is 0 Å². The maximum absolute atomic E-state index is 2.76. The number of rotatable bonds is 5. The van der Waals surface area contributed by atoms with Crippen molar-refractivity contribution in [3.8, 4) is 0 Å². The molecule has 0 aromatic carbocycles. The standard InChI is InChI=1S/C28H50/c1-20(2)10-9-11-21(3)24-15-16-25-23-14-13-22-12-7-6-8-18-27(22,4)26(23)17-19-28(24,25)5/h20-26H,6-19H2,1-5H3/t21-,22-,23-,24-,25-,26-,27+,28-/m1/s1. The zero-order valence-corrected chi connectivity index (χ0v) is 19.9. The lowest BCUT2D eigenvalue weighted by molar-refractivity contribution is -0.103. The third kappa shape index (κ3) is 3.62. The highest BCUT2D eigenvalue weighted by Gasteiger charge is 2.59. The molecule has 0 aliphatic heterocycles. The lowest BCUT2D eigenvalue weighted by Gasteiger charge is -2.59. The molecule has 28 heavy (non-hydrogen) atoms. The van der Waals surface area contributed by atoms with Gasteiger partial charge in [0.05, 0.1) is 0 Å². The Hall–Kier alpha value is 0. The molecule has 4 fully saturated rings. The predicted octanol–water partition coefficient (Wildman–Crippen LogP) is 8.89. The van der Waals surface area contributed by atoms with E-state index < -0.39 is 0 Å². The van der Waals surface area contributed by atoms with Crippen LogP contribution in [0, 0.1) is 52.3 Å². The summed E-state index contributed by atoms with van der Waals surface area (Å²) < 4.78 is 0. The van der Waals surface area contributed by atoms with Crippen molar-refractivity contribution >= 4 is 0 Å². The van der Waals surface area contributed by atoms with E-state index in [2.05, 4.69) is 34.6 Å². The largest absolute Gasteiger partial charge is 0.0628 e. The van der Waals surface area contributed by atoms with Crippen LogP contribution in [-0.2, 0) is 0 Å².